The van der Waals surface area contributed by atoms with Gasteiger partial charge in [-0.3, -0.25) is 14.5 Å². The molecule has 0 atom stereocenters. The van der Waals surface area contributed by atoms with E-state index in [1.54, 1.807) is 20.2 Å². The van der Waals surface area contributed by atoms with E-state index in [2.05, 4.69) is 20.0 Å². The summed E-state index contributed by atoms with van der Waals surface area (Å²) in [4.78, 5) is -0.0457. The lowest BCUT2D eigenvalue weighted by Gasteiger charge is -2.05. The average molecular weight is 271 g/mol. The van der Waals surface area contributed by atoms with Crippen molar-refractivity contribution in [2.75, 3.05) is 4.72 Å². The third-order valence-electron chi connectivity index (χ3n) is 2.33. The van der Waals surface area contributed by atoms with E-state index in [0.29, 0.717) is 5.69 Å². The number of hydrogen-bond acceptors (Lipinski definition) is 5. The first-order valence-electron chi connectivity index (χ1n) is 5.11. The zero-order chi connectivity index (χ0) is 13.3. The van der Waals surface area contributed by atoms with Gasteiger partial charge in [0, 0.05) is 19.3 Å². The van der Waals surface area contributed by atoms with Gasteiger partial charge < -0.3 is 5.11 Å². The summed E-state index contributed by atoms with van der Waals surface area (Å²) in [5.74, 6) is 0.210. The topological polar surface area (TPSA) is 113 Å². The highest BCUT2D eigenvalue weighted by atomic mass is 32.2. The van der Waals surface area contributed by atoms with E-state index in [4.69, 9.17) is 5.11 Å². The molecule has 0 amide bonds. The normalized spacial score (nSPS) is 11.7. The van der Waals surface area contributed by atoms with E-state index in [1.807, 2.05) is 0 Å². The lowest BCUT2D eigenvalue weighted by molar-refractivity contribution is 0.273. The van der Waals surface area contributed by atoms with Crippen LogP contribution in [0.2, 0.25) is 0 Å². The van der Waals surface area contributed by atoms with Gasteiger partial charge in [0.1, 0.15) is 10.6 Å². The second-order valence-electron chi connectivity index (χ2n) is 3.76. The number of aryl methyl sites for hydroxylation is 2. The Morgan fingerprint density at radius 3 is 2.83 bits per heavy atom. The van der Waals surface area contributed by atoms with Gasteiger partial charge >= 0.3 is 0 Å². The van der Waals surface area contributed by atoms with E-state index in [-0.39, 0.29) is 16.4 Å². The Hall–Kier alpha value is -1.87. The molecule has 0 aliphatic rings. The molecule has 0 bridgehead atoms. The summed E-state index contributed by atoms with van der Waals surface area (Å²) >= 11 is 0. The van der Waals surface area contributed by atoms with Gasteiger partial charge in [0.15, 0.2) is 5.82 Å². The second kappa shape index (κ2) is 4.42. The molecule has 0 aliphatic carbocycles. The number of nitrogens with one attached hydrogen (secondary N) is 2. The number of nitrogens with zero attached hydrogens (tertiary/aromatic N) is 3. The number of anilines is 1. The Bertz CT molecular complexity index is 658. The molecule has 0 saturated heterocycles. The molecule has 3 N–H and O–H groups in total. The summed E-state index contributed by atoms with van der Waals surface area (Å²) < 4.78 is 28.1. The smallest absolute Gasteiger partial charge is 0.266 e. The molecule has 0 saturated carbocycles. The first-order valence-corrected chi connectivity index (χ1v) is 6.59. The van der Waals surface area contributed by atoms with Gasteiger partial charge in [-0.05, 0) is 6.92 Å². The largest absolute Gasteiger partial charge is 0.390 e. The van der Waals surface area contributed by atoms with Gasteiger partial charge in [0.25, 0.3) is 10.0 Å². The van der Waals surface area contributed by atoms with Gasteiger partial charge in [0.05, 0.1) is 12.3 Å². The minimum Gasteiger partial charge on any atom is -0.390 e. The minimum absolute atomic E-state index is 0.0457. The standard InChI is InChI=1S/C9H13N5O3S/c1-6-9(7(5-15)11-10-6)18(16,17)13-8-3-4-14(2)12-8/h3-4,15H,5H2,1-2H3,(H,10,11)(H,12,13). The van der Waals surface area contributed by atoms with Crippen molar-refractivity contribution in [2.24, 2.45) is 7.05 Å². The fourth-order valence-corrected chi connectivity index (χ4v) is 2.95. The van der Waals surface area contributed by atoms with Crippen LogP contribution in [0.1, 0.15) is 11.4 Å². The summed E-state index contributed by atoms with van der Waals surface area (Å²) in [6, 6.07) is 1.53. The van der Waals surface area contributed by atoms with Crippen LogP contribution in [0.5, 0.6) is 0 Å². The maximum Gasteiger partial charge on any atom is 0.266 e. The molecule has 0 unspecified atom stereocenters. The Morgan fingerprint density at radius 1 is 1.56 bits per heavy atom. The van der Waals surface area contributed by atoms with Crippen molar-refractivity contribution in [3.8, 4) is 0 Å². The molecule has 2 aromatic heterocycles. The molecule has 0 fully saturated rings. The second-order valence-corrected chi connectivity index (χ2v) is 5.38. The predicted molar refractivity (Wildman–Crippen MR) is 63.3 cm³/mol. The summed E-state index contributed by atoms with van der Waals surface area (Å²) in [7, 11) is -2.13. The molecular weight excluding hydrogens is 258 g/mol. The van der Waals surface area contributed by atoms with Crippen LogP contribution in [0.15, 0.2) is 17.2 Å². The zero-order valence-corrected chi connectivity index (χ0v) is 10.7. The first-order chi connectivity index (χ1) is 8.44. The van der Waals surface area contributed by atoms with Crippen molar-refractivity contribution in [1.82, 2.24) is 20.0 Å². The number of aromatic nitrogens is 4. The number of aliphatic hydroxyl groups is 1. The molecule has 2 aromatic rings. The Morgan fingerprint density at radius 2 is 2.28 bits per heavy atom. The molecule has 0 aromatic carbocycles. The fourth-order valence-electron chi connectivity index (χ4n) is 1.59. The van der Waals surface area contributed by atoms with Crippen molar-refractivity contribution >= 4 is 15.8 Å². The highest BCUT2D eigenvalue weighted by molar-refractivity contribution is 7.92. The third-order valence-corrected chi connectivity index (χ3v) is 3.89. The van der Waals surface area contributed by atoms with Crippen LogP contribution < -0.4 is 4.72 Å². The maximum atomic E-state index is 12.1. The quantitative estimate of drug-likeness (QED) is 0.709. The summed E-state index contributed by atoms with van der Waals surface area (Å²) in [6.45, 7) is 1.11. The van der Waals surface area contributed by atoms with Crippen molar-refractivity contribution in [2.45, 2.75) is 18.4 Å². The number of rotatable bonds is 4. The van der Waals surface area contributed by atoms with Gasteiger partial charge in [-0.25, -0.2) is 8.42 Å². The van der Waals surface area contributed by atoms with Crippen LogP contribution in [0.25, 0.3) is 0 Å². The lowest BCUT2D eigenvalue weighted by atomic mass is 10.4. The number of sulfonamides is 1. The highest BCUT2D eigenvalue weighted by Gasteiger charge is 2.24. The van der Waals surface area contributed by atoms with E-state index >= 15 is 0 Å². The first kappa shape index (κ1) is 12.6. The van der Waals surface area contributed by atoms with Gasteiger partial charge in [-0.15, -0.1) is 0 Å². The molecule has 18 heavy (non-hydrogen) atoms. The van der Waals surface area contributed by atoms with Crippen molar-refractivity contribution < 1.29 is 13.5 Å². The maximum absolute atomic E-state index is 12.1. The Balaban J connectivity index is 2.39. The monoisotopic (exact) mass is 271 g/mol. The van der Waals surface area contributed by atoms with Crippen molar-refractivity contribution in [1.29, 1.82) is 0 Å². The molecule has 8 nitrogen and oxygen atoms in total. The molecule has 2 heterocycles. The number of aliphatic hydroxyl groups excluding tert-OH is 1. The highest BCUT2D eigenvalue weighted by Crippen LogP contribution is 2.20. The molecule has 9 heteroatoms. The summed E-state index contributed by atoms with van der Waals surface area (Å²) in [5, 5.41) is 19.3. The van der Waals surface area contributed by atoms with E-state index < -0.39 is 16.6 Å². The van der Waals surface area contributed by atoms with Crippen molar-refractivity contribution in [3.63, 3.8) is 0 Å². The molecular formula is C9H13N5O3S. The van der Waals surface area contributed by atoms with Crippen LogP contribution in [0, 0.1) is 6.92 Å². The molecule has 0 radical (unpaired) electrons. The number of hydrogen-bond donors (Lipinski definition) is 3. The lowest BCUT2D eigenvalue weighted by Crippen LogP contribution is -2.15. The van der Waals surface area contributed by atoms with E-state index in [9.17, 15) is 8.42 Å². The van der Waals surface area contributed by atoms with Crippen LogP contribution in [-0.4, -0.2) is 33.5 Å². The van der Waals surface area contributed by atoms with E-state index in [1.165, 1.54) is 10.7 Å². The molecule has 2 rings (SSSR count). The summed E-state index contributed by atoms with van der Waals surface area (Å²) in [5.41, 5.74) is 0.443. The number of aromatic amines is 1. The number of H-pyrrole nitrogens is 1. The average Bonchev–Trinajstić information content (AvgIpc) is 2.84. The predicted octanol–water partition coefficient (Wildman–Crippen LogP) is -0.255. The van der Waals surface area contributed by atoms with Crippen LogP contribution in [0.3, 0.4) is 0 Å². The van der Waals surface area contributed by atoms with Gasteiger partial charge in [0.2, 0.25) is 0 Å². The van der Waals surface area contributed by atoms with Gasteiger partial charge in [-0.2, -0.15) is 10.2 Å². The summed E-state index contributed by atoms with van der Waals surface area (Å²) in [6.07, 6.45) is 1.62. The van der Waals surface area contributed by atoms with Crippen LogP contribution in [0.4, 0.5) is 5.82 Å². The van der Waals surface area contributed by atoms with Crippen LogP contribution in [-0.2, 0) is 23.7 Å². The van der Waals surface area contributed by atoms with E-state index in [0.717, 1.165) is 0 Å². The Labute approximate surface area is 104 Å². The van der Waals surface area contributed by atoms with Crippen molar-refractivity contribution in [3.05, 3.63) is 23.7 Å². The fraction of sp³-hybridized carbons (Fsp3) is 0.333. The molecule has 98 valence electrons. The third kappa shape index (κ3) is 2.22. The van der Waals surface area contributed by atoms with Crippen LogP contribution >= 0.6 is 0 Å². The zero-order valence-electron chi connectivity index (χ0n) is 9.88. The Kier molecular flexibility index (Phi) is 3.09. The minimum atomic E-state index is -3.81. The molecule has 0 spiro atoms. The van der Waals surface area contributed by atoms with Gasteiger partial charge in [-0.1, -0.05) is 0 Å². The molecule has 0 aliphatic heterocycles. The SMILES string of the molecule is Cc1[nH]nc(CO)c1S(=O)(=O)Nc1ccn(C)n1.